The highest BCUT2D eigenvalue weighted by molar-refractivity contribution is 5.86. The Kier molecular flexibility index (Phi) is 5.38. The zero-order chi connectivity index (χ0) is 19.4. The highest BCUT2D eigenvalue weighted by Crippen LogP contribution is 2.27. The van der Waals surface area contributed by atoms with Crippen molar-refractivity contribution in [2.45, 2.75) is 50.6 Å². The van der Waals surface area contributed by atoms with E-state index in [4.69, 9.17) is 5.73 Å². The molecule has 0 unspecified atom stereocenters. The zero-order valence-electron chi connectivity index (χ0n) is 15.3. The molecule has 3 rings (SSSR count). The summed E-state index contributed by atoms with van der Waals surface area (Å²) in [6.07, 6.45) is 3.62. The van der Waals surface area contributed by atoms with Gasteiger partial charge in [-0.15, -0.1) is 0 Å². The Morgan fingerprint density at radius 2 is 2.04 bits per heavy atom. The van der Waals surface area contributed by atoms with Gasteiger partial charge in [-0.05, 0) is 30.9 Å². The number of carbonyl (C=O) groups excluding carboxylic acids is 1. The number of nitrogens with one attached hydrogen (secondary N) is 2. The Morgan fingerprint density at radius 1 is 1.37 bits per heavy atom. The molecule has 0 saturated heterocycles. The van der Waals surface area contributed by atoms with Gasteiger partial charge in [0.15, 0.2) is 0 Å². The van der Waals surface area contributed by atoms with E-state index in [0.717, 1.165) is 29.5 Å². The first-order chi connectivity index (χ1) is 12.9. The average Bonchev–Trinajstić information content (AvgIpc) is 3.10. The fourth-order valence-electron chi connectivity index (χ4n) is 3.49. The fraction of sp³-hybridized carbons (Fsp3) is 0.400. The van der Waals surface area contributed by atoms with Crippen LogP contribution in [0.25, 0.3) is 11.3 Å². The van der Waals surface area contributed by atoms with Crippen LogP contribution in [0.3, 0.4) is 0 Å². The van der Waals surface area contributed by atoms with Gasteiger partial charge in [0, 0.05) is 18.1 Å². The van der Waals surface area contributed by atoms with E-state index in [-0.39, 0.29) is 11.5 Å². The normalized spacial score (nSPS) is 16.5. The lowest BCUT2D eigenvalue weighted by Gasteiger charge is -2.24. The first kappa shape index (κ1) is 18.8. The number of nitrogens with two attached hydrogens (primary N) is 1. The molecular weight excluding hydrogens is 342 g/mol. The predicted octanol–water partition coefficient (Wildman–Crippen LogP) is 1.57. The highest BCUT2D eigenvalue weighted by Gasteiger charge is 2.37. The second-order valence-corrected chi connectivity index (χ2v) is 7.18. The third-order valence-electron chi connectivity index (χ3n) is 5.08. The Balaban J connectivity index is 1.68. The number of benzene rings is 1. The van der Waals surface area contributed by atoms with Gasteiger partial charge in [-0.3, -0.25) is 9.59 Å². The molecule has 27 heavy (non-hydrogen) atoms. The van der Waals surface area contributed by atoms with Gasteiger partial charge in [0.25, 0.3) is 5.56 Å². The maximum Gasteiger partial charge on any atom is 0.264 e. The van der Waals surface area contributed by atoms with Crippen molar-refractivity contribution in [3.05, 3.63) is 51.8 Å². The highest BCUT2D eigenvalue weighted by atomic mass is 16.2. The van der Waals surface area contributed by atoms with Crippen LogP contribution < -0.4 is 16.6 Å². The van der Waals surface area contributed by atoms with Gasteiger partial charge in [0.2, 0.25) is 5.91 Å². The molecular formula is C20H23N5O2. The van der Waals surface area contributed by atoms with Crippen molar-refractivity contribution in [1.82, 2.24) is 15.5 Å². The molecule has 140 valence electrons. The van der Waals surface area contributed by atoms with Crippen LogP contribution in [0.15, 0.2) is 35.1 Å². The molecule has 1 aliphatic rings. The largest absolute Gasteiger partial charge is 0.338 e. The number of amides is 1. The Labute approximate surface area is 157 Å². The van der Waals surface area contributed by atoms with E-state index in [2.05, 4.69) is 21.6 Å². The summed E-state index contributed by atoms with van der Waals surface area (Å²) in [4.78, 5) is 23.7. The zero-order valence-corrected chi connectivity index (χ0v) is 15.3. The van der Waals surface area contributed by atoms with Gasteiger partial charge < -0.3 is 11.1 Å². The molecule has 1 aliphatic carbocycles. The predicted molar refractivity (Wildman–Crippen MR) is 102 cm³/mol. The molecule has 0 spiro atoms. The number of aromatic nitrogens is 2. The molecule has 1 fully saturated rings. The minimum Gasteiger partial charge on any atom is -0.338 e. The summed E-state index contributed by atoms with van der Waals surface area (Å²) in [7, 11) is 0. The van der Waals surface area contributed by atoms with Gasteiger partial charge in [-0.2, -0.15) is 10.4 Å². The Morgan fingerprint density at radius 3 is 2.63 bits per heavy atom. The van der Waals surface area contributed by atoms with E-state index < -0.39 is 11.6 Å². The van der Waals surface area contributed by atoms with Crippen LogP contribution in [0.5, 0.6) is 0 Å². The molecule has 0 aliphatic heterocycles. The molecule has 1 aromatic heterocycles. The number of hydrogen-bond acceptors (Lipinski definition) is 5. The van der Waals surface area contributed by atoms with Crippen molar-refractivity contribution in [1.29, 1.82) is 5.26 Å². The lowest BCUT2D eigenvalue weighted by atomic mass is 9.96. The van der Waals surface area contributed by atoms with Crippen molar-refractivity contribution in [3.63, 3.8) is 0 Å². The van der Waals surface area contributed by atoms with Crippen LogP contribution in [-0.2, 0) is 11.2 Å². The van der Waals surface area contributed by atoms with E-state index in [1.807, 2.05) is 31.2 Å². The first-order valence-electron chi connectivity index (χ1n) is 9.06. The quantitative estimate of drug-likeness (QED) is 0.742. The molecule has 4 N–H and O–H groups in total. The molecule has 2 aromatic rings. The number of H-pyrrole nitrogens is 1. The Bertz CT molecular complexity index is 921. The average molecular weight is 365 g/mol. The van der Waals surface area contributed by atoms with Gasteiger partial charge in [-0.1, -0.05) is 37.1 Å². The first-order valence-corrected chi connectivity index (χ1v) is 9.06. The van der Waals surface area contributed by atoms with Crippen LogP contribution >= 0.6 is 0 Å². The molecule has 1 amide bonds. The molecule has 1 saturated carbocycles. The summed E-state index contributed by atoms with van der Waals surface area (Å²) in [5.41, 5.74) is 8.37. The standard InChI is InChI=1S/C20H23N5O2/c1-13-10-17(26)24-25-18(13)15-6-4-14(5-7-15)11-16(12-21)23-19(27)20(22)8-2-3-9-20/h4-7,10,16H,2-3,8-9,11,22H2,1H3,(H,23,27)(H,24,26)/t16-/m0/s1. The van der Waals surface area contributed by atoms with Gasteiger partial charge >= 0.3 is 0 Å². The Hall–Kier alpha value is -2.98. The lowest BCUT2D eigenvalue weighted by molar-refractivity contribution is -0.126. The van der Waals surface area contributed by atoms with E-state index in [1.54, 1.807) is 0 Å². The molecule has 0 radical (unpaired) electrons. The second-order valence-electron chi connectivity index (χ2n) is 7.18. The molecule has 1 atom stereocenters. The van der Waals surface area contributed by atoms with Crippen LogP contribution in [0, 0.1) is 18.3 Å². The van der Waals surface area contributed by atoms with E-state index in [1.165, 1.54) is 6.07 Å². The third-order valence-corrected chi connectivity index (χ3v) is 5.08. The minimum atomic E-state index is -0.841. The summed E-state index contributed by atoms with van der Waals surface area (Å²) in [6.45, 7) is 1.83. The van der Waals surface area contributed by atoms with Gasteiger partial charge in [0.1, 0.15) is 6.04 Å². The molecule has 0 bridgehead atoms. The molecule has 7 nitrogen and oxygen atoms in total. The monoisotopic (exact) mass is 365 g/mol. The lowest BCUT2D eigenvalue weighted by Crippen LogP contribution is -2.54. The van der Waals surface area contributed by atoms with Crippen molar-refractivity contribution in [3.8, 4) is 17.3 Å². The smallest absolute Gasteiger partial charge is 0.264 e. The number of aromatic amines is 1. The number of carbonyl (C=O) groups is 1. The SMILES string of the molecule is Cc1cc(=O)[nH]nc1-c1ccc(C[C@@H](C#N)NC(=O)C2(N)CCCC2)cc1. The van der Waals surface area contributed by atoms with Gasteiger partial charge in [-0.25, -0.2) is 5.10 Å². The maximum atomic E-state index is 12.4. The summed E-state index contributed by atoms with van der Waals surface area (Å²) >= 11 is 0. The summed E-state index contributed by atoms with van der Waals surface area (Å²) in [5, 5.41) is 18.7. The van der Waals surface area contributed by atoms with Crippen molar-refractivity contribution < 1.29 is 4.79 Å². The fourth-order valence-corrected chi connectivity index (χ4v) is 3.49. The number of hydrogen-bond donors (Lipinski definition) is 3. The summed E-state index contributed by atoms with van der Waals surface area (Å²) < 4.78 is 0. The van der Waals surface area contributed by atoms with Crippen LogP contribution in [-0.4, -0.2) is 27.7 Å². The summed E-state index contributed by atoms with van der Waals surface area (Å²) in [6, 6.07) is 10.6. The number of nitriles is 1. The van der Waals surface area contributed by atoms with Crippen LogP contribution in [0.4, 0.5) is 0 Å². The van der Waals surface area contributed by atoms with E-state index in [0.29, 0.717) is 25.0 Å². The number of aryl methyl sites for hydroxylation is 1. The van der Waals surface area contributed by atoms with Crippen LogP contribution in [0.1, 0.15) is 36.8 Å². The molecule has 7 heteroatoms. The number of rotatable bonds is 5. The molecule has 1 heterocycles. The van der Waals surface area contributed by atoms with Crippen molar-refractivity contribution in [2.24, 2.45) is 5.73 Å². The third kappa shape index (κ3) is 4.23. The van der Waals surface area contributed by atoms with Gasteiger partial charge in [0.05, 0.1) is 17.3 Å². The maximum absolute atomic E-state index is 12.4. The second kappa shape index (κ2) is 7.72. The van der Waals surface area contributed by atoms with E-state index in [9.17, 15) is 14.9 Å². The van der Waals surface area contributed by atoms with Crippen LogP contribution in [0.2, 0.25) is 0 Å². The molecule has 1 aromatic carbocycles. The van der Waals surface area contributed by atoms with Crippen molar-refractivity contribution >= 4 is 5.91 Å². The van der Waals surface area contributed by atoms with E-state index >= 15 is 0 Å². The summed E-state index contributed by atoms with van der Waals surface area (Å²) in [5.74, 6) is -0.240. The minimum absolute atomic E-state index is 0.236. The topological polar surface area (TPSA) is 125 Å². The number of nitrogens with zero attached hydrogens (tertiary/aromatic N) is 2. The van der Waals surface area contributed by atoms with Crippen molar-refractivity contribution in [2.75, 3.05) is 0 Å².